The van der Waals surface area contributed by atoms with Crippen molar-refractivity contribution in [2.75, 3.05) is 19.6 Å². The molecule has 3 rings (SSSR count). The smallest absolute Gasteiger partial charge is 0.240 e. The van der Waals surface area contributed by atoms with E-state index in [0.717, 1.165) is 30.7 Å². The number of amides is 4. The topological polar surface area (TPSA) is 86.8 Å². The average Bonchev–Trinajstić information content (AvgIpc) is 2.71. The Labute approximate surface area is 148 Å². The molecule has 25 heavy (non-hydrogen) atoms. The number of carbonyl (C=O) groups is 4. The van der Waals surface area contributed by atoms with E-state index < -0.39 is 0 Å². The summed E-state index contributed by atoms with van der Waals surface area (Å²) in [6.45, 7) is 6.03. The van der Waals surface area contributed by atoms with E-state index in [9.17, 15) is 19.2 Å². The molecule has 1 saturated carbocycles. The highest BCUT2D eigenvalue weighted by Crippen LogP contribution is 2.47. The first-order valence-corrected chi connectivity index (χ1v) is 9.12. The molecule has 2 heterocycles. The van der Waals surface area contributed by atoms with Crippen molar-refractivity contribution < 1.29 is 19.2 Å². The van der Waals surface area contributed by atoms with Crippen molar-refractivity contribution in [2.45, 2.75) is 52.5 Å². The molecule has 7 nitrogen and oxygen atoms in total. The molecule has 0 bridgehead atoms. The van der Waals surface area contributed by atoms with Crippen LogP contribution >= 0.6 is 0 Å². The predicted octanol–water partition coefficient (Wildman–Crippen LogP) is 0.535. The molecular formula is C18H27N3O4. The predicted molar refractivity (Wildman–Crippen MR) is 90.1 cm³/mol. The molecule has 0 radical (unpaired) electrons. The number of imide groups is 1. The molecule has 0 aromatic carbocycles. The Morgan fingerprint density at radius 3 is 2.24 bits per heavy atom. The molecule has 1 spiro atoms. The zero-order chi connectivity index (χ0) is 18.4. The summed E-state index contributed by atoms with van der Waals surface area (Å²) in [4.78, 5) is 51.3. The van der Waals surface area contributed by atoms with Gasteiger partial charge in [-0.1, -0.05) is 20.3 Å². The molecule has 2 aliphatic heterocycles. The third-order valence-electron chi connectivity index (χ3n) is 6.23. The van der Waals surface area contributed by atoms with Gasteiger partial charge in [0.15, 0.2) is 0 Å². The second-order valence-corrected chi connectivity index (χ2v) is 8.06. The van der Waals surface area contributed by atoms with Crippen molar-refractivity contribution in [3.05, 3.63) is 0 Å². The lowest BCUT2D eigenvalue weighted by atomic mass is 9.63. The minimum atomic E-state index is -0.374. The molecule has 1 aliphatic carbocycles. The maximum absolute atomic E-state index is 12.4. The van der Waals surface area contributed by atoms with Crippen molar-refractivity contribution in [3.63, 3.8) is 0 Å². The van der Waals surface area contributed by atoms with E-state index in [2.05, 4.69) is 5.32 Å². The van der Waals surface area contributed by atoms with E-state index >= 15 is 0 Å². The normalized spacial score (nSPS) is 31.2. The molecule has 138 valence electrons. The first-order valence-electron chi connectivity index (χ1n) is 9.12. The fourth-order valence-electron chi connectivity index (χ4n) is 4.36. The Kier molecular flexibility index (Phi) is 4.60. The Balaban J connectivity index is 1.61. The fraction of sp³-hybridized carbons (Fsp3) is 0.778. The first-order chi connectivity index (χ1) is 11.7. The third-order valence-corrected chi connectivity index (χ3v) is 6.23. The molecule has 0 aromatic rings. The van der Waals surface area contributed by atoms with Gasteiger partial charge >= 0.3 is 0 Å². The molecule has 1 unspecified atom stereocenters. The monoisotopic (exact) mass is 349 g/mol. The van der Waals surface area contributed by atoms with Crippen molar-refractivity contribution in [3.8, 4) is 0 Å². The van der Waals surface area contributed by atoms with Crippen LogP contribution in [-0.4, -0.2) is 59.1 Å². The Hall–Kier alpha value is -1.92. The number of nitrogens with zero attached hydrogens (tertiary/aromatic N) is 2. The number of rotatable bonds is 3. The lowest BCUT2D eigenvalue weighted by Crippen LogP contribution is -2.59. The lowest BCUT2D eigenvalue weighted by molar-refractivity contribution is -0.144. The molecule has 3 fully saturated rings. The maximum Gasteiger partial charge on any atom is 0.240 e. The summed E-state index contributed by atoms with van der Waals surface area (Å²) in [5.74, 6) is -1.61. The van der Waals surface area contributed by atoms with Crippen LogP contribution in [0.4, 0.5) is 0 Å². The van der Waals surface area contributed by atoms with Gasteiger partial charge in [-0.2, -0.15) is 0 Å². The van der Waals surface area contributed by atoms with Gasteiger partial charge in [0, 0.05) is 37.9 Å². The summed E-state index contributed by atoms with van der Waals surface area (Å²) < 4.78 is 0. The van der Waals surface area contributed by atoms with Gasteiger partial charge in [-0.3, -0.25) is 24.1 Å². The van der Waals surface area contributed by atoms with Crippen LogP contribution in [0.2, 0.25) is 0 Å². The van der Waals surface area contributed by atoms with Crippen LogP contribution in [-0.2, 0) is 19.2 Å². The number of hydrogen-bond acceptors (Lipinski definition) is 4. The van der Waals surface area contributed by atoms with E-state index in [4.69, 9.17) is 0 Å². The van der Waals surface area contributed by atoms with E-state index in [0.29, 0.717) is 6.54 Å². The SMILES string of the molecule is CC(=O)N1CC(NC(=O)CN2C(=O)[C@@H](C)[C@@H](C)C2=O)CC2(CCC2)C1. The van der Waals surface area contributed by atoms with Gasteiger partial charge in [0.05, 0.1) is 0 Å². The molecule has 2 saturated heterocycles. The van der Waals surface area contributed by atoms with E-state index in [1.165, 1.54) is 6.42 Å². The second-order valence-electron chi connectivity index (χ2n) is 8.06. The van der Waals surface area contributed by atoms with E-state index in [1.807, 2.05) is 4.90 Å². The van der Waals surface area contributed by atoms with Crippen LogP contribution < -0.4 is 5.32 Å². The molecule has 7 heteroatoms. The molecule has 3 aliphatic rings. The van der Waals surface area contributed by atoms with Crippen LogP contribution in [0, 0.1) is 17.3 Å². The van der Waals surface area contributed by atoms with E-state index in [-0.39, 0.29) is 53.5 Å². The minimum Gasteiger partial charge on any atom is -0.350 e. The third kappa shape index (κ3) is 3.28. The highest BCUT2D eigenvalue weighted by atomic mass is 16.2. The molecular weight excluding hydrogens is 322 g/mol. The van der Waals surface area contributed by atoms with Gasteiger partial charge in [0.25, 0.3) is 0 Å². The number of piperidine rings is 1. The van der Waals surface area contributed by atoms with Gasteiger partial charge in [-0.15, -0.1) is 0 Å². The summed E-state index contributed by atoms with van der Waals surface area (Å²) in [6.07, 6.45) is 4.19. The summed E-state index contributed by atoms with van der Waals surface area (Å²) in [7, 11) is 0. The number of likely N-dealkylation sites (tertiary alicyclic amines) is 2. The van der Waals surface area contributed by atoms with E-state index in [1.54, 1.807) is 20.8 Å². The lowest BCUT2D eigenvalue weighted by Gasteiger charge is -2.51. The van der Waals surface area contributed by atoms with Crippen LogP contribution in [0.25, 0.3) is 0 Å². The van der Waals surface area contributed by atoms with Crippen molar-refractivity contribution in [1.29, 1.82) is 0 Å². The minimum absolute atomic E-state index is 0.0257. The Bertz CT molecular complexity index is 593. The fourth-order valence-corrected chi connectivity index (χ4v) is 4.36. The summed E-state index contributed by atoms with van der Waals surface area (Å²) in [5, 5.41) is 2.95. The quantitative estimate of drug-likeness (QED) is 0.753. The van der Waals surface area contributed by atoms with Gasteiger partial charge in [-0.05, 0) is 24.7 Å². The number of nitrogens with one attached hydrogen (secondary N) is 1. The van der Waals surface area contributed by atoms with Gasteiger partial charge in [0.1, 0.15) is 6.54 Å². The maximum atomic E-state index is 12.4. The van der Waals surface area contributed by atoms with Crippen molar-refractivity contribution >= 4 is 23.6 Å². The van der Waals surface area contributed by atoms with Gasteiger partial charge < -0.3 is 10.2 Å². The largest absolute Gasteiger partial charge is 0.350 e. The first kappa shape index (κ1) is 17.9. The van der Waals surface area contributed by atoms with Crippen LogP contribution in [0.5, 0.6) is 0 Å². The zero-order valence-electron chi connectivity index (χ0n) is 15.2. The van der Waals surface area contributed by atoms with Crippen LogP contribution in [0.15, 0.2) is 0 Å². The van der Waals surface area contributed by atoms with Gasteiger partial charge in [-0.25, -0.2) is 0 Å². The molecule has 0 aromatic heterocycles. The summed E-state index contributed by atoms with van der Waals surface area (Å²) in [6, 6.07) is -0.117. The van der Waals surface area contributed by atoms with Crippen molar-refractivity contribution in [2.24, 2.45) is 17.3 Å². The standard InChI is InChI=1S/C18H27N3O4/c1-11-12(2)17(25)21(16(11)24)9-15(23)19-14-7-18(5-4-6-18)10-20(8-14)13(3)22/h11-12,14H,4-10H2,1-3H3,(H,19,23)/t11-,12+,14?. The summed E-state index contributed by atoms with van der Waals surface area (Å²) >= 11 is 0. The van der Waals surface area contributed by atoms with Crippen molar-refractivity contribution in [1.82, 2.24) is 15.1 Å². The Morgan fingerprint density at radius 2 is 1.76 bits per heavy atom. The highest BCUT2D eigenvalue weighted by molar-refractivity contribution is 6.06. The Morgan fingerprint density at radius 1 is 1.16 bits per heavy atom. The van der Waals surface area contributed by atoms with Crippen LogP contribution in [0.1, 0.15) is 46.5 Å². The number of hydrogen-bond donors (Lipinski definition) is 1. The molecule has 4 amide bonds. The second kappa shape index (κ2) is 6.42. The molecule has 1 N–H and O–H groups in total. The van der Waals surface area contributed by atoms with Gasteiger partial charge in [0.2, 0.25) is 23.6 Å². The summed E-state index contributed by atoms with van der Waals surface area (Å²) in [5.41, 5.74) is 0.129. The highest BCUT2D eigenvalue weighted by Gasteiger charge is 2.46. The average molecular weight is 349 g/mol. The molecule has 3 atom stereocenters. The number of carbonyl (C=O) groups excluding carboxylic acids is 4. The zero-order valence-corrected chi connectivity index (χ0v) is 15.2. The van der Waals surface area contributed by atoms with Crippen LogP contribution in [0.3, 0.4) is 0 Å².